The Bertz CT molecular complexity index is 389. The molecule has 1 aliphatic rings. The Kier molecular flexibility index (Phi) is 5.35. The third-order valence-electron chi connectivity index (χ3n) is 4.33. The fourth-order valence-electron chi connectivity index (χ4n) is 3.02. The van der Waals surface area contributed by atoms with Gasteiger partial charge in [-0.15, -0.1) is 0 Å². The Morgan fingerprint density at radius 2 is 1.70 bits per heavy atom. The van der Waals surface area contributed by atoms with Gasteiger partial charge in [0.05, 0.1) is 18.1 Å². The summed E-state index contributed by atoms with van der Waals surface area (Å²) in [5.41, 5.74) is 1.17. The molecule has 0 unspecified atom stereocenters. The van der Waals surface area contributed by atoms with Crippen molar-refractivity contribution < 1.29 is 0 Å². The Morgan fingerprint density at radius 1 is 1.15 bits per heavy atom. The SMILES string of the molecule is CCN(CC)C1CCN(c2cnc(C(C)C)nc2)CC1. The van der Waals surface area contributed by atoms with Gasteiger partial charge < -0.3 is 9.80 Å². The van der Waals surface area contributed by atoms with Crippen molar-refractivity contribution in [1.82, 2.24) is 14.9 Å². The number of rotatable bonds is 5. The van der Waals surface area contributed by atoms with Crippen LogP contribution in [-0.4, -0.2) is 47.1 Å². The van der Waals surface area contributed by atoms with Crippen LogP contribution in [0.2, 0.25) is 0 Å². The molecule has 1 aromatic rings. The van der Waals surface area contributed by atoms with Gasteiger partial charge in [0.15, 0.2) is 0 Å². The molecule has 2 rings (SSSR count). The third-order valence-corrected chi connectivity index (χ3v) is 4.33. The lowest BCUT2D eigenvalue weighted by Crippen LogP contribution is -2.44. The third kappa shape index (κ3) is 3.48. The number of anilines is 1. The first-order valence-corrected chi connectivity index (χ1v) is 7.96. The highest BCUT2D eigenvalue weighted by molar-refractivity contribution is 5.42. The van der Waals surface area contributed by atoms with E-state index in [0.29, 0.717) is 5.92 Å². The minimum absolute atomic E-state index is 0.400. The molecule has 0 bridgehead atoms. The maximum atomic E-state index is 4.48. The minimum atomic E-state index is 0.400. The maximum absolute atomic E-state index is 4.48. The van der Waals surface area contributed by atoms with E-state index in [1.165, 1.54) is 18.5 Å². The molecule has 0 atom stereocenters. The van der Waals surface area contributed by atoms with E-state index in [1.54, 1.807) is 0 Å². The van der Waals surface area contributed by atoms with E-state index in [9.17, 15) is 0 Å². The zero-order chi connectivity index (χ0) is 14.5. The van der Waals surface area contributed by atoms with Gasteiger partial charge in [0.25, 0.3) is 0 Å². The fraction of sp³-hybridized carbons (Fsp3) is 0.750. The van der Waals surface area contributed by atoms with E-state index in [-0.39, 0.29) is 0 Å². The normalized spacial score (nSPS) is 17.2. The van der Waals surface area contributed by atoms with Crippen molar-refractivity contribution in [3.8, 4) is 0 Å². The molecule has 0 spiro atoms. The molecule has 1 aromatic heterocycles. The monoisotopic (exact) mass is 276 g/mol. The first-order valence-electron chi connectivity index (χ1n) is 7.96. The minimum Gasteiger partial charge on any atom is -0.369 e. The highest BCUT2D eigenvalue weighted by Crippen LogP contribution is 2.22. The molecule has 4 nitrogen and oxygen atoms in total. The van der Waals surface area contributed by atoms with Crippen molar-refractivity contribution >= 4 is 5.69 Å². The average Bonchev–Trinajstić information content (AvgIpc) is 2.49. The number of hydrogen-bond donors (Lipinski definition) is 0. The van der Waals surface area contributed by atoms with Crippen LogP contribution in [0.25, 0.3) is 0 Å². The topological polar surface area (TPSA) is 32.3 Å². The molecule has 0 saturated carbocycles. The summed E-state index contributed by atoms with van der Waals surface area (Å²) < 4.78 is 0. The summed E-state index contributed by atoms with van der Waals surface area (Å²) in [6, 6.07) is 0.747. The second-order valence-corrected chi connectivity index (χ2v) is 5.89. The predicted octanol–water partition coefficient (Wildman–Crippen LogP) is 2.91. The number of piperidine rings is 1. The fourth-order valence-corrected chi connectivity index (χ4v) is 3.02. The van der Waals surface area contributed by atoms with Crippen molar-refractivity contribution in [2.45, 2.75) is 52.5 Å². The van der Waals surface area contributed by atoms with Gasteiger partial charge >= 0.3 is 0 Å². The summed E-state index contributed by atoms with van der Waals surface area (Å²) in [6.45, 7) is 13.3. The van der Waals surface area contributed by atoms with Gasteiger partial charge in [-0.25, -0.2) is 9.97 Å². The molecule has 0 aliphatic carbocycles. The quantitative estimate of drug-likeness (QED) is 0.828. The van der Waals surface area contributed by atoms with Crippen LogP contribution in [0, 0.1) is 0 Å². The van der Waals surface area contributed by atoms with Gasteiger partial charge in [-0.1, -0.05) is 27.7 Å². The lowest BCUT2D eigenvalue weighted by Gasteiger charge is -2.38. The van der Waals surface area contributed by atoms with Crippen molar-refractivity contribution in [2.75, 3.05) is 31.1 Å². The highest BCUT2D eigenvalue weighted by Gasteiger charge is 2.23. The highest BCUT2D eigenvalue weighted by atomic mass is 15.2. The molecule has 0 aromatic carbocycles. The van der Waals surface area contributed by atoms with Crippen LogP contribution in [-0.2, 0) is 0 Å². The lowest BCUT2D eigenvalue weighted by atomic mass is 10.0. The number of hydrogen-bond acceptors (Lipinski definition) is 4. The average molecular weight is 276 g/mol. The Balaban J connectivity index is 1.93. The first-order chi connectivity index (χ1) is 9.65. The summed E-state index contributed by atoms with van der Waals surface area (Å²) in [7, 11) is 0. The van der Waals surface area contributed by atoms with Crippen molar-refractivity contribution in [3.05, 3.63) is 18.2 Å². The molecule has 0 radical (unpaired) electrons. The van der Waals surface area contributed by atoms with Crippen LogP contribution in [0.3, 0.4) is 0 Å². The largest absolute Gasteiger partial charge is 0.369 e. The predicted molar refractivity (Wildman–Crippen MR) is 84.3 cm³/mol. The second-order valence-electron chi connectivity index (χ2n) is 5.89. The van der Waals surface area contributed by atoms with Gasteiger partial charge in [0, 0.05) is 25.0 Å². The zero-order valence-electron chi connectivity index (χ0n) is 13.3. The summed E-state index contributed by atoms with van der Waals surface area (Å²) >= 11 is 0. The van der Waals surface area contributed by atoms with E-state index >= 15 is 0 Å². The molecule has 1 saturated heterocycles. The molecule has 1 fully saturated rings. The Labute approximate surface area is 123 Å². The lowest BCUT2D eigenvalue weighted by molar-refractivity contribution is 0.186. The smallest absolute Gasteiger partial charge is 0.130 e. The van der Waals surface area contributed by atoms with Gasteiger partial charge in [0.2, 0.25) is 0 Å². The van der Waals surface area contributed by atoms with E-state index in [1.807, 2.05) is 12.4 Å². The molecule has 20 heavy (non-hydrogen) atoms. The second kappa shape index (κ2) is 7.02. The number of nitrogens with zero attached hydrogens (tertiary/aromatic N) is 4. The molecule has 1 aliphatic heterocycles. The van der Waals surface area contributed by atoms with Gasteiger partial charge in [-0.2, -0.15) is 0 Å². The molecule has 112 valence electrons. The van der Waals surface area contributed by atoms with E-state index in [4.69, 9.17) is 0 Å². The van der Waals surface area contributed by atoms with E-state index in [0.717, 1.165) is 38.0 Å². The van der Waals surface area contributed by atoms with E-state index in [2.05, 4.69) is 47.5 Å². The molecular weight excluding hydrogens is 248 g/mol. The molecule has 2 heterocycles. The molecule has 0 N–H and O–H groups in total. The molecule has 0 amide bonds. The van der Waals surface area contributed by atoms with Crippen LogP contribution >= 0.6 is 0 Å². The summed E-state index contributed by atoms with van der Waals surface area (Å²) in [5.74, 6) is 1.34. The van der Waals surface area contributed by atoms with Crippen molar-refractivity contribution in [2.24, 2.45) is 0 Å². The zero-order valence-corrected chi connectivity index (χ0v) is 13.3. The standard InChI is InChI=1S/C16H28N4/c1-5-19(6-2)14-7-9-20(10-8-14)15-11-17-16(13(3)4)18-12-15/h11-14H,5-10H2,1-4H3. The van der Waals surface area contributed by atoms with Gasteiger partial charge in [-0.05, 0) is 25.9 Å². The summed E-state index contributed by atoms with van der Waals surface area (Å²) in [4.78, 5) is 14.0. The van der Waals surface area contributed by atoms with Crippen molar-refractivity contribution in [3.63, 3.8) is 0 Å². The maximum Gasteiger partial charge on any atom is 0.130 e. The van der Waals surface area contributed by atoms with E-state index < -0.39 is 0 Å². The first kappa shape index (κ1) is 15.2. The Hall–Kier alpha value is -1.16. The van der Waals surface area contributed by atoms with Gasteiger partial charge in [-0.3, -0.25) is 0 Å². The number of aromatic nitrogens is 2. The molecular formula is C16H28N4. The molecule has 4 heteroatoms. The Morgan fingerprint density at radius 3 is 2.15 bits per heavy atom. The van der Waals surface area contributed by atoms with Gasteiger partial charge in [0.1, 0.15) is 5.82 Å². The van der Waals surface area contributed by atoms with Crippen LogP contribution < -0.4 is 4.90 Å². The van der Waals surface area contributed by atoms with Crippen LogP contribution in [0.5, 0.6) is 0 Å². The van der Waals surface area contributed by atoms with Crippen LogP contribution in [0.4, 0.5) is 5.69 Å². The van der Waals surface area contributed by atoms with Crippen molar-refractivity contribution in [1.29, 1.82) is 0 Å². The summed E-state index contributed by atoms with van der Waals surface area (Å²) in [5, 5.41) is 0. The van der Waals surface area contributed by atoms with Crippen LogP contribution in [0.1, 0.15) is 52.3 Å². The summed E-state index contributed by atoms with van der Waals surface area (Å²) in [6.07, 6.45) is 6.46. The van der Waals surface area contributed by atoms with Crippen LogP contribution in [0.15, 0.2) is 12.4 Å².